The molecule has 3 N–H and O–H groups in total. The van der Waals surface area contributed by atoms with E-state index in [2.05, 4.69) is 4.98 Å². The Morgan fingerprint density at radius 1 is 1.50 bits per heavy atom. The second-order valence-electron chi connectivity index (χ2n) is 5.92. The normalized spacial score (nSPS) is 17.6. The highest BCUT2D eigenvalue weighted by molar-refractivity contribution is 5.92. The lowest BCUT2D eigenvalue weighted by Gasteiger charge is -2.19. The third kappa shape index (κ3) is 2.52. The molecule has 3 heterocycles. The number of nitrogens with zero attached hydrogens (tertiary/aromatic N) is 3. The Hall–Kier alpha value is -2.48. The van der Waals surface area contributed by atoms with Crippen LogP contribution in [0.25, 0.3) is 11.0 Å². The number of aromatic carboxylic acids is 1. The van der Waals surface area contributed by atoms with Gasteiger partial charge < -0.3 is 20.3 Å². The number of carbonyl (C=O) groups is 1. The first kappa shape index (κ1) is 16.4. The summed E-state index contributed by atoms with van der Waals surface area (Å²) in [4.78, 5) is 30.0. The predicted octanol–water partition coefficient (Wildman–Crippen LogP) is 1.04. The molecule has 1 aliphatic heterocycles. The van der Waals surface area contributed by atoms with Gasteiger partial charge in [0.1, 0.15) is 11.5 Å². The van der Waals surface area contributed by atoms with Gasteiger partial charge in [-0.1, -0.05) is 0 Å². The van der Waals surface area contributed by atoms with Gasteiger partial charge in [-0.2, -0.15) is 4.39 Å². The number of rotatable bonds is 4. The van der Waals surface area contributed by atoms with Gasteiger partial charge in [-0.05, 0) is 37.9 Å². The summed E-state index contributed by atoms with van der Waals surface area (Å²) >= 11 is 0. The smallest absolute Gasteiger partial charge is 0.344 e. The van der Waals surface area contributed by atoms with E-state index in [-0.39, 0.29) is 17.6 Å². The number of aromatic nitrogens is 2. The molecule has 0 bridgehead atoms. The number of halogens is 1. The van der Waals surface area contributed by atoms with Gasteiger partial charge in [0.25, 0.3) is 0 Å². The van der Waals surface area contributed by atoms with E-state index in [0.29, 0.717) is 18.3 Å². The quantitative estimate of drug-likeness (QED) is 0.810. The van der Waals surface area contributed by atoms with Gasteiger partial charge in [0.15, 0.2) is 5.56 Å². The number of anilines is 1. The second-order valence-corrected chi connectivity index (χ2v) is 5.92. The van der Waals surface area contributed by atoms with Gasteiger partial charge in [-0.15, -0.1) is 0 Å². The van der Waals surface area contributed by atoms with Crippen LogP contribution in [-0.2, 0) is 6.54 Å². The summed E-state index contributed by atoms with van der Waals surface area (Å²) in [7, 11) is 0. The van der Waals surface area contributed by atoms with Crippen LogP contribution in [0, 0.1) is 11.9 Å². The van der Waals surface area contributed by atoms with Crippen molar-refractivity contribution in [1.82, 2.24) is 9.55 Å². The predicted molar refractivity (Wildman–Crippen MR) is 88.0 cm³/mol. The number of hydrogen-bond donors (Lipinski definition) is 2. The zero-order valence-electron chi connectivity index (χ0n) is 13.3. The molecule has 24 heavy (non-hydrogen) atoms. The fourth-order valence-corrected chi connectivity index (χ4v) is 3.16. The average Bonchev–Trinajstić information content (AvgIpc) is 3.03. The van der Waals surface area contributed by atoms with Gasteiger partial charge in [0.2, 0.25) is 11.4 Å². The van der Waals surface area contributed by atoms with Crippen LogP contribution in [0.4, 0.5) is 10.2 Å². The minimum atomic E-state index is -1.57. The molecule has 0 radical (unpaired) electrons. The second kappa shape index (κ2) is 6.20. The molecule has 0 saturated carbocycles. The minimum Gasteiger partial charge on any atom is -0.477 e. The summed E-state index contributed by atoms with van der Waals surface area (Å²) in [6.07, 6.45) is 0.961. The lowest BCUT2D eigenvalue weighted by atomic mass is 10.1. The molecule has 2 aromatic rings. The van der Waals surface area contributed by atoms with Crippen molar-refractivity contribution in [2.24, 2.45) is 11.7 Å². The van der Waals surface area contributed by atoms with Crippen molar-refractivity contribution in [3.05, 3.63) is 33.9 Å². The number of fused-ring (bicyclic) bond motifs is 1. The van der Waals surface area contributed by atoms with Crippen molar-refractivity contribution in [3.8, 4) is 0 Å². The molecular weight excluding hydrogens is 315 g/mol. The molecule has 0 aliphatic carbocycles. The maximum atomic E-state index is 14.5. The van der Waals surface area contributed by atoms with E-state index in [1.165, 1.54) is 6.07 Å². The Kier molecular flexibility index (Phi) is 4.23. The van der Waals surface area contributed by atoms with Gasteiger partial charge in [0.05, 0.1) is 5.39 Å². The van der Waals surface area contributed by atoms with Gasteiger partial charge in [0, 0.05) is 19.6 Å². The number of carboxylic acid groups (broad SMARTS) is 1. The summed E-state index contributed by atoms with van der Waals surface area (Å²) in [5, 5.41) is 9.22. The molecule has 0 spiro atoms. The fourth-order valence-electron chi connectivity index (χ4n) is 3.16. The average molecular weight is 334 g/mol. The number of carboxylic acids is 1. The van der Waals surface area contributed by atoms with Crippen LogP contribution in [0.2, 0.25) is 0 Å². The molecular formula is C16H19FN4O3. The van der Waals surface area contributed by atoms with E-state index < -0.39 is 22.9 Å². The van der Waals surface area contributed by atoms with Crippen LogP contribution in [0.3, 0.4) is 0 Å². The zero-order valence-corrected chi connectivity index (χ0v) is 13.3. The van der Waals surface area contributed by atoms with Crippen LogP contribution in [0.15, 0.2) is 16.9 Å². The first-order valence-electron chi connectivity index (χ1n) is 7.89. The van der Waals surface area contributed by atoms with E-state index in [0.717, 1.165) is 24.1 Å². The van der Waals surface area contributed by atoms with Gasteiger partial charge in [-0.3, -0.25) is 4.79 Å². The monoisotopic (exact) mass is 334 g/mol. The number of nitrogens with two attached hydrogens (primary N) is 1. The lowest BCUT2D eigenvalue weighted by Crippen LogP contribution is -2.26. The molecule has 7 nitrogen and oxygen atoms in total. The molecule has 1 aliphatic rings. The highest BCUT2D eigenvalue weighted by Gasteiger charge is 2.25. The lowest BCUT2D eigenvalue weighted by molar-refractivity contribution is 0.0688. The summed E-state index contributed by atoms with van der Waals surface area (Å²) in [5.41, 5.74) is 4.17. The minimum absolute atomic E-state index is 0.106. The fraction of sp³-hybridized carbons (Fsp3) is 0.438. The Morgan fingerprint density at radius 3 is 2.83 bits per heavy atom. The van der Waals surface area contributed by atoms with Crippen LogP contribution in [0.5, 0.6) is 0 Å². The molecule has 0 aromatic carbocycles. The van der Waals surface area contributed by atoms with Crippen molar-refractivity contribution in [3.63, 3.8) is 0 Å². The maximum absolute atomic E-state index is 14.5. The van der Waals surface area contributed by atoms with Crippen molar-refractivity contribution in [2.45, 2.75) is 19.9 Å². The highest BCUT2D eigenvalue weighted by atomic mass is 19.1. The van der Waals surface area contributed by atoms with Crippen LogP contribution in [-0.4, -0.2) is 40.3 Å². The van der Waals surface area contributed by atoms with E-state index in [4.69, 9.17) is 10.8 Å². The van der Waals surface area contributed by atoms with Crippen molar-refractivity contribution in [1.29, 1.82) is 0 Å². The molecule has 3 rings (SSSR count). The Morgan fingerprint density at radius 2 is 2.25 bits per heavy atom. The summed E-state index contributed by atoms with van der Waals surface area (Å²) in [5.74, 6) is -1.60. The Labute approximate surface area is 137 Å². The third-order valence-corrected chi connectivity index (χ3v) is 4.50. The zero-order chi connectivity index (χ0) is 17.4. The molecule has 1 unspecified atom stereocenters. The van der Waals surface area contributed by atoms with E-state index in [1.807, 2.05) is 4.90 Å². The SMILES string of the molecule is CCn1c(F)c(C(=O)O)c(=O)c2ccc(N3CCC(CN)C3)nc21. The van der Waals surface area contributed by atoms with Crippen molar-refractivity contribution >= 4 is 22.8 Å². The number of pyridine rings is 2. The van der Waals surface area contributed by atoms with Crippen LogP contribution >= 0.6 is 0 Å². The van der Waals surface area contributed by atoms with Gasteiger partial charge >= 0.3 is 5.97 Å². The highest BCUT2D eigenvalue weighted by Crippen LogP contribution is 2.24. The Balaban J connectivity index is 2.18. The molecule has 2 aromatic heterocycles. The summed E-state index contributed by atoms with van der Waals surface area (Å²) < 4.78 is 15.6. The van der Waals surface area contributed by atoms with E-state index in [1.54, 1.807) is 13.0 Å². The Bertz CT molecular complexity index is 865. The van der Waals surface area contributed by atoms with Gasteiger partial charge in [-0.25, -0.2) is 9.78 Å². The molecule has 0 amide bonds. The standard InChI is InChI=1S/C16H19FN4O3/c1-2-21-14(17)12(16(23)24)13(22)10-3-4-11(19-15(10)21)20-6-5-9(7-18)8-20/h3-4,9H,2,5-8,18H2,1H3,(H,23,24). The molecule has 1 atom stereocenters. The van der Waals surface area contributed by atoms with Crippen molar-refractivity contribution < 1.29 is 14.3 Å². The first-order chi connectivity index (χ1) is 11.5. The first-order valence-corrected chi connectivity index (χ1v) is 7.89. The molecule has 128 valence electrons. The number of aryl methyl sites for hydroxylation is 1. The third-order valence-electron chi connectivity index (χ3n) is 4.50. The topological polar surface area (TPSA) is 101 Å². The van der Waals surface area contributed by atoms with Crippen molar-refractivity contribution in [2.75, 3.05) is 24.5 Å². The molecule has 8 heteroatoms. The largest absolute Gasteiger partial charge is 0.477 e. The maximum Gasteiger partial charge on any atom is 0.344 e. The van der Waals surface area contributed by atoms with E-state index in [9.17, 15) is 14.0 Å². The van der Waals surface area contributed by atoms with Crippen LogP contribution in [0.1, 0.15) is 23.7 Å². The number of hydrogen-bond acceptors (Lipinski definition) is 5. The van der Waals surface area contributed by atoms with E-state index >= 15 is 0 Å². The molecule has 1 saturated heterocycles. The summed E-state index contributed by atoms with van der Waals surface area (Å²) in [6.45, 7) is 4.01. The summed E-state index contributed by atoms with van der Waals surface area (Å²) in [6, 6.07) is 3.19. The van der Waals surface area contributed by atoms with Crippen LogP contribution < -0.4 is 16.1 Å². The molecule has 1 fully saturated rings.